The molecule has 4 rings (SSSR count). The van der Waals surface area contributed by atoms with Crippen LogP contribution in [0.4, 0.5) is 14.9 Å². The minimum Gasteiger partial charge on any atom is -0.495 e. The summed E-state index contributed by atoms with van der Waals surface area (Å²) in [4.78, 5) is 29.1. The van der Waals surface area contributed by atoms with E-state index in [2.05, 4.69) is 11.4 Å². The number of likely N-dealkylation sites (tertiary alicyclic amines) is 1. The number of carbonyl (C=O) groups is 2. The standard InChI is InChI=1S/C22H23ClFN3O3/c1-30-20-7-6-16(23)10-18(20)25-22(29)27-13-17(24)11-19(27)21(28)26-9-8-14-4-2-3-5-15(14)12-26/h2-7,10,17,19H,8-9,11-13H2,1H3,(H,25,29)/t17-,19-/m0/s1. The number of methoxy groups -OCH3 is 1. The molecular weight excluding hydrogens is 409 g/mol. The van der Waals surface area contributed by atoms with Gasteiger partial charge in [-0.15, -0.1) is 0 Å². The molecule has 158 valence electrons. The minimum absolute atomic E-state index is 0.00290. The van der Waals surface area contributed by atoms with Crippen LogP contribution < -0.4 is 10.1 Å². The highest BCUT2D eigenvalue weighted by Gasteiger charge is 2.42. The first-order valence-electron chi connectivity index (χ1n) is 9.87. The molecule has 1 N–H and O–H groups in total. The number of nitrogens with zero attached hydrogens (tertiary/aromatic N) is 2. The second-order valence-corrected chi connectivity index (χ2v) is 7.99. The summed E-state index contributed by atoms with van der Waals surface area (Å²) in [6.07, 6.45) is -0.500. The molecule has 2 heterocycles. The minimum atomic E-state index is -1.25. The Morgan fingerprint density at radius 3 is 2.73 bits per heavy atom. The third kappa shape index (κ3) is 4.07. The Bertz CT molecular complexity index is 970. The first-order chi connectivity index (χ1) is 14.5. The van der Waals surface area contributed by atoms with E-state index in [-0.39, 0.29) is 18.9 Å². The first-order valence-corrected chi connectivity index (χ1v) is 10.2. The van der Waals surface area contributed by atoms with Gasteiger partial charge in [-0.1, -0.05) is 35.9 Å². The molecule has 0 aliphatic carbocycles. The van der Waals surface area contributed by atoms with Crippen LogP contribution in [0.15, 0.2) is 42.5 Å². The maximum atomic E-state index is 14.3. The van der Waals surface area contributed by atoms with Crippen molar-refractivity contribution < 1.29 is 18.7 Å². The summed E-state index contributed by atoms with van der Waals surface area (Å²) in [6.45, 7) is 0.899. The number of nitrogens with one attached hydrogen (secondary N) is 1. The van der Waals surface area contributed by atoms with Crippen molar-refractivity contribution in [1.29, 1.82) is 0 Å². The number of carbonyl (C=O) groups excluding carboxylic acids is 2. The lowest BCUT2D eigenvalue weighted by Crippen LogP contribution is -2.50. The van der Waals surface area contributed by atoms with Gasteiger partial charge >= 0.3 is 6.03 Å². The molecule has 8 heteroatoms. The van der Waals surface area contributed by atoms with Crippen LogP contribution in [0.2, 0.25) is 5.02 Å². The number of halogens is 2. The maximum Gasteiger partial charge on any atom is 0.322 e. The van der Waals surface area contributed by atoms with E-state index in [0.29, 0.717) is 29.5 Å². The van der Waals surface area contributed by atoms with E-state index in [1.165, 1.54) is 17.6 Å². The SMILES string of the molecule is COc1ccc(Cl)cc1NC(=O)N1C[C@@H](F)C[C@H]1C(=O)N1CCc2ccccc2C1. The third-order valence-corrected chi connectivity index (χ3v) is 5.88. The molecule has 2 aromatic rings. The summed E-state index contributed by atoms with van der Waals surface area (Å²) in [5.74, 6) is 0.206. The van der Waals surface area contributed by atoms with Gasteiger partial charge in [0.05, 0.1) is 19.3 Å². The van der Waals surface area contributed by atoms with Crippen LogP contribution in [-0.4, -0.2) is 54.2 Å². The molecule has 0 saturated carbocycles. The molecule has 30 heavy (non-hydrogen) atoms. The average molecular weight is 432 g/mol. The Morgan fingerprint density at radius 1 is 1.20 bits per heavy atom. The smallest absolute Gasteiger partial charge is 0.322 e. The fourth-order valence-electron chi connectivity index (χ4n) is 4.10. The van der Waals surface area contributed by atoms with Gasteiger partial charge in [0.1, 0.15) is 18.0 Å². The first kappa shape index (κ1) is 20.5. The van der Waals surface area contributed by atoms with Crippen molar-refractivity contribution in [3.8, 4) is 5.75 Å². The monoisotopic (exact) mass is 431 g/mol. The normalized spacial score (nSPS) is 20.6. The van der Waals surface area contributed by atoms with E-state index >= 15 is 0 Å². The molecule has 1 fully saturated rings. The Kier molecular flexibility index (Phi) is 5.81. The summed E-state index contributed by atoms with van der Waals surface area (Å²) >= 11 is 6.02. The van der Waals surface area contributed by atoms with Crippen LogP contribution in [0.5, 0.6) is 5.75 Å². The van der Waals surface area contributed by atoms with E-state index in [1.54, 1.807) is 23.1 Å². The summed E-state index contributed by atoms with van der Waals surface area (Å²) in [6, 6.07) is 11.4. The zero-order valence-corrected chi connectivity index (χ0v) is 17.4. The molecular formula is C22H23ClFN3O3. The molecule has 2 atom stereocenters. The van der Waals surface area contributed by atoms with Gasteiger partial charge in [0.15, 0.2) is 0 Å². The Morgan fingerprint density at radius 2 is 1.97 bits per heavy atom. The Balaban J connectivity index is 1.50. The van der Waals surface area contributed by atoms with Crippen LogP contribution in [-0.2, 0) is 17.8 Å². The fourth-order valence-corrected chi connectivity index (χ4v) is 4.27. The highest BCUT2D eigenvalue weighted by atomic mass is 35.5. The molecule has 0 aromatic heterocycles. The Labute approximate surface area is 179 Å². The topological polar surface area (TPSA) is 61.9 Å². The van der Waals surface area contributed by atoms with E-state index < -0.39 is 18.2 Å². The summed E-state index contributed by atoms with van der Waals surface area (Å²) in [5, 5.41) is 3.13. The lowest BCUT2D eigenvalue weighted by Gasteiger charge is -2.33. The highest BCUT2D eigenvalue weighted by Crippen LogP contribution is 2.30. The van der Waals surface area contributed by atoms with Crippen molar-refractivity contribution in [1.82, 2.24) is 9.80 Å². The fraction of sp³-hybridized carbons (Fsp3) is 0.364. The lowest BCUT2D eigenvalue weighted by molar-refractivity contribution is -0.136. The number of benzene rings is 2. The molecule has 6 nitrogen and oxygen atoms in total. The third-order valence-electron chi connectivity index (χ3n) is 5.64. The zero-order chi connectivity index (χ0) is 21.3. The predicted molar refractivity (Wildman–Crippen MR) is 113 cm³/mol. The number of hydrogen-bond acceptors (Lipinski definition) is 3. The van der Waals surface area contributed by atoms with Crippen LogP contribution in [0.25, 0.3) is 0 Å². The van der Waals surface area contributed by atoms with Gasteiger partial charge in [-0.05, 0) is 35.7 Å². The number of alkyl halides is 1. The molecule has 2 aliphatic heterocycles. The maximum absolute atomic E-state index is 14.3. The van der Waals surface area contributed by atoms with Gasteiger partial charge in [0.2, 0.25) is 5.91 Å². The van der Waals surface area contributed by atoms with Crippen LogP contribution in [0, 0.1) is 0 Å². The van der Waals surface area contributed by atoms with Gasteiger partial charge in [-0.2, -0.15) is 0 Å². The molecule has 0 radical (unpaired) electrons. The van der Waals surface area contributed by atoms with Gasteiger partial charge in [-0.25, -0.2) is 9.18 Å². The van der Waals surface area contributed by atoms with Crippen molar-refractivity contribution in [2.24, 2.45) is 0 Å². The van der Waals surface area contributed by atoms with Gasteiger partial charge < -0.3 is 19.9 Å². The molecule has 2 aliphatic rings. The summed E-state index contributed by atoms with van der Waals surface area (Å²) < 4.78 is 19.5. The molecule has 2 aromatic carbocycles. The molecule has 0 bridgehead atoms. The van der Waals surface area contributed by atoms with E-state index in [1.807, 2.05) is 18.2 Å². The molecule has 3 amide bonds. The van der Waals surface area contributed by atoms with Crippen LogP contribution in [0.3, 0.4) is 0 Å². The van der Waals surface area contributed by atoms with Crippen molar-refractivity contribution in [2.75, 3.05) is 25.5 Å². The largest absolute Gasteiger partial charge is 0.495 e. The van der Waals surface area contributed by atoms with Gasteiger partial charge in [0, 0.05) is 24.5 Å². The van der Waals surface area contributed by atoms with Crippen molar-refractivity contribution in [2.45, 2.75) is 31.6 Å². The number of rotatable bonds is 3. The van der Waals surface area contributed by atoms with Crippen molar-refractivity contribution in [3.05, 3.63) is 58.6 Å². The molecule has 0 unspecified atom stereocenters. The van der Waals surface area contributed by atoms with Crippen molar-refractivity contribution >= 4 is 29.2 Å². The van der Waals surface area contributed by atoms with Crippen molar-refractivity contribution in [3.63, 3.8) is 0 Å². The number of ether oxygens (including phenoxy) is 1. The van der Waals surface area contributed by atoms with Gasteiger partial charge in [-0.3, -0.25) is 4.79 Å². The van der Waals surface area contributed by atoms with Crippen LogP contribution in [0.1, 0.15) is 17.5 Å². The molecule has 0 spiro atoms. The van der Waals surface area contributed by atoms with Gasteiger partial charge in [0.25, 0.3) is 0 Å². The number of fused-ring (bicyclic) bond motifs is 1. The highest BCUT2D eigenvalue weighted by molar-refractivity contribution is 6.31. The molecule has 1 saturated heterocycles. The number of urea groups is 1. The number of amides is 3. The average Bonchev–Trinajstić information content (AvgIpc) is 3.15. The summed E-state index contributed by atoms with van der Waals surface area (Å²) in [7, 11) is 1.48. The van der Waals surface area contributed by atoms with E-state index in [0.717, 1.165) is 12.0 Å². The van der Waals surface area contributed by atoms with E-state index in [9.17, 15) is 14.0 Å². The quantitative estimate of drug-likeness (QED) is 0.802. The zero-order valence-electron chi connectivity index (χ0n) is 16.6. The summed E-state index contributed by atoms with van der Waals surface area (Å²) in [5.41, 5.74) is 2.68. The second kappa shape index (κ2) is 8.52. The van der Waals surface area contributed by atoms with Crippen LogP contribution >= 0.6 is 11.6 Å². The Hall–Kier alpha value is -2.80. The number of anilines is 1. The number of hydrogen-bond donors (Lipinski definition) is 1. The second-order valence-electron chi connectivity index (χ2n) is 7.55. The lowest BCUT2D eigenvalue weighted by atomic mass is 9.99. The van der Waals surface area contributed by atoms with E-state index in [4.69, 9.17) is 16.3 Å². The predicted octanol–water partition coefficient (Wildman–Crippen LogP) is 3.88.